The molecule has 2 N–H and O–H groups in total. The Morgan fingerprint density at radius 1 is 1.10 bits per heavy atom. The van der Waals surface area contributed by atoms with Crippen LogP contribution in [-0.4, -0.2) is 32.1 Å². The molecular formula is C17H27N3O. The van der Waals surface area contributed by atoms with Gasteiger partial charge in [-0.15, -0.1) is 0 Å². The smallest absolute Gasteiger partial charge is 0.225 e. The van der Waals surface area contributed by atoms with Crippen molar-refractivity contribution >= 4 is 17.3 Å². The Hall–Kier alpha value is -1.55. The predicted molar refractivity (Wildman–Crippen MR) is 88.9 cm³/mol. The van der Waals surface area contributed by atoms with Gasteiger partial charge in [-0.25, -0.2) is 0 Å². The zero-order valence-electron chi connectivity index (χ0n) is 13.0. The number of hydrogen-bond donors (Lipinski definition) is 2. The van der Waals surface area contributed by atoms with Gasteiger partial charge in [0.2, 0.25) is 5.91 Å². The SMILES string of the molecule is CCCNCCC(=O)Nc1ccc(N2CCCCC2)cc1. The second-order valence-corrected chi connectivity index (χ2v) is 5.64. The molecule has 1 aliphatic heterocycles. The summed E-state index contributed by atoms with van der Waals surface area (Å²) in [7, 11) is 0. The van der Waals surface area contributed by atoms with Crippen molar-refractivity contribution in [1.29, 1.82) is 0 Å². The fraction of sp³-hybridized carbons (Fsp3) is 0.588. The van der Waals surface area contributed by atoms with Crippen molar-refractivity contribution in [2.75, 3.05) is 36.4 Å². The molecule has 0 aliphatic carbocycles. The molecule has 2 rings (SSSR count). The molecule has 1 heterocycles. The Morgan fingerprint density at radius 3 is 2.48 bits per heavy atom. The van der Waals surface area contributed by atoms with Crippen LogP contribution < -0.4 is 15.5 Å². The Bertz CT molecular complexity index is 424. The average Bonchev–Trinajstić information content (AvgIpc) is 2.53. The number of piperidine rings is 1. The van der Waals surface area contributed by atoms with Crippen molar-refractivity contribution in [3.63, 3.8) is 0 Å². The van der Waals surface area contributed by atoms with E-state index >= 15 is 0 Å². The summed E-state index contributed by atoms with van der Waals surface area (Å²) in [6, 6.07) is 8.22. The zero-order valence-corrected chi connectivity index (χ0v) is 13.0. The lowest BCUT2D eigenvalue weighted by atomic mass is 10.1. The van der Waals surface area contributed by atoms with Gasteiger partial charge in [-0.05, 0) is 56.5 Å². The first kappa shape index (κ1) is 15.8. The van der Waals surface area contributed by atoms with Gasteiger partial charge in [0.25, 0.3) is 0 Å². The summed E-state index contributed by atoms with van der Waals surface area (Å²) in [5.74, 6) is 0.0734. The summed E-state index contributed by atoms with van der Waals surface area (Å²) in [5.41, 5.74) is 2.15. The Balaban J connectivity index is 1.77. The van der Waals surface area contributed by atoms with Crippen molar-refractivity contribution < 1.29 is 4.79 Å². The molecule has 4 heteroatoms. The van der Waals surface area contributed by atoms with Crippen LogP contribution in [-0.2, 0) is 4.79 Å². The van der Waals surface area contributed by atoms with Crippen LogP contribution in [0.15, 0.2) is 24.3 Å². The minimum absolute atomic E-state index is 0.0734. The van der Waals surface area contributed by atoms with Crippen molar-refractivity contribution in [3.8, 4) is 0 Å². The molecule has 1 fully saturated rings. The molecule has 1 aromatic rings. The first-order valence-corrected chi connectivity index (χ1v) is 8.15. The second-order valence-electron chi connectivity index (χ2n) is 5.64. The maximum atomic E-state index is 11.8. The standard InChI is InChI=1S/C17H27N3O/c1-2-11-18-12-10-17(21)19-15-6-8-16(9-7-15)20-13-4-3-5-14-20/h6-9,18H,2-5,10-14H2,1H3,(H,19,21). The molecule has 0 radical (unpaired) electrons. The summed E-state index contributed by atoms with van der Waals surface area (Å²) in [6.45, 7) is 6.13. The first-order chi connectivity index (χ1) is 10.3. The van der Waals surface area contributed by atoms with Crippen LogP contribution in [0.4, 0.5) is 11.4 Å². The van der Waals surface area contributed by atoms with E-state index in [1.54, 1.807) is 0 Å². The lowest BCUT2D eigenvalue weighted by molar-refractivity contribution is -0.116. The maximum absolute atomic E-state index is 11.8. The number of carbonyl (C=O) groups excluding carboxylic acids is 1. The largest absolute Gasteiger partial charge is 0.372 e. The molecule has 0 saturated carbocycles. The molecule has 4 nitrogen and oxygen atoms in total. The van der Waals surface area contributed by atoms with E-state index in [1.165, 1.54) is 24.9 Å². The first-order valence-electron chi connectivity index (χ1n) is 8.15. The fourth-order valence-electron chi connectivity index (χ4n) is 2.63. The summed E-state index contributed by atoms with van der Waals surface area (Å²) in [5, 5.41) is 6.19. The van der Waals surface area contributed by atoms with Crippen LogP contribution in [0.3, 0.4) is 0 Å². The predicted octanol–water partition coefficient (Wildman–Crippen LogP) is 3.01. The number of hydrogen-bond acceptors (Lipinski definition) is 3. The van der Waals surface area contributed by atoms with E-state index in [9.17, 15) is 4.79 Å². The van der Waals surface area contributed by atoms with Crippen LogP contribution in [0.1, 0.15) is 39.0 Å². The summed E-state index contributed by atoms with van der Waals surface area (Å²) in [4.78, 5) is 14.2. The van der Waals surface area contributed by atoms with Crippen LogP contribution in [0, 0.1) is 0 Å². The third-order valence-electron chi connectivity index (χ3n) is 3.83. The van der Waals surface area contributed by atoms with Gasteiger partial charge in [0, 0.05) is 37.4 Å². The van der Waals surface area contributed by atoms with Gasteiger partial charge >= 0.3 is 0 Å². The topological polar surface area (TPSA) is 44.4 Å². The number of benzene rings is 1. The monoisotopic (exact) mass is 289 g/mol. The molecule has 21 heavy (non-hydrogen) atoms. The van der Waals surface area contributed by atoms with Crippen LogP contribution in [0.25, 0.3) is 0 Å². The van der Waals surface area contributed by atoms with Crippen molar-refractivity contribution in [2.24, 2.45) is 0 Å². The van der Waals surface area contributed by atoms with Crippen LogP contribution in [0.5, 0.6) is 0 Å². The third-order valence-corrected chi connectivity index (χ3v) is 3.83. The summed E-state index contributed by atoms with van der Waals surface area (Å²) >= 11 is 0. The number of nitrogens with zero attached hydrogens (tertiary/aromatic N) is 1. The van der Waals surface area contributed by atoms with E-state index in [0.717, 1.165) is 38.3 Å². The molecule has 1 aliphatic rings. The van der Waals surface area contributed by atoms with Gasteiger partial charge in [-0.2, -0.15) is 0 Å². The number of anilines is 2. The minimum Gasteiger partial charge on any atom is -0.372 e. The van der Waals surface area contributed by atoms with Crippen LogP contribution >= 0.6 is 0 Å². The number of carbonyl (C=O) groups is 1. The molecule has 0 unspecified atom stereocenters. The molecule has 116 valence electrons. The lowest BCUT2D eigenvalue weighted by Gasteiger charge is -2.28. The average molecular weight is 289 g/mol. The highest BCUT2D eigenvalue weighted by Gasteiger charge is 2.10. The molecule has 1 saturated heterocycles. The molecule has 1 aromatic carbocycles. The Labute approximate surface area is 127 Å². The molecule has 0 bridgehead atoms. The van der Waals surface area contributed by atoms with Gasteiger partial charge in [0.15, 0.2) is 0 Å². The van der Waals surface area contributed by atoms with Gasteiger partial charge in [-0.3, -0.25) is 4.79 Å². The molecule has 0 aromatic heterocycles. The van der Waals surface area contributed by atoms with E-state index in [0.29, 0.717) is 6.42 Å². The van der Waals surface area contributed by atoms with Crippen molar-refractivity contribution in [2.45, 2.75) is 39.0 Å². The van der Waals surface area contributed by atoms with Gasteiger partial charge in [-0.1, -0.05) is 6.92 Å². The molecule has 1 amide bonds. The number of amides is 1. The molecular weight excluding hydrogens is 262 g/mol. The highest BCUT2D eigenvalue weighted by Crippen LogP contribution is 2.21. The normalized spacial score (nSPS) is 15.0. The van der Waals surface area contributed by atoms with Gasteiger partial charge in [0.1, 0.15) is 0 Å². The van der Waals surface area contributed by atoms with Crippen LogP contribution in [0.2, 0.25) is 0 Å². The highest BCUT2D eigenvalue weighted by molar-refractivity contribution is 5.91. The second kappa shape index (κ2) is 8.67. The maximum Gasteiger partial charge on any atom is 0.225 e. The quantitative estimate of drug-likeness (QED) is 0.758. The lowest BCUT2D eigenvalue weighted by Crippen LogP contribution is -2.29. The van der Waals surface area contributed by atoms with E-state index in [1.807, 2.05) is 12.1 Å². The van der Waals surface area contributed by atoms with Crippen molar-refractivity contribution in [3.05, 3.63) is 24.3 Å². The van der Waals surface area contributed by atoms with Crippen molar-refractivity contribution in [1.82, 2.24) is 5.32 Å². The molecule has 0 spiro atoms. The van der Waals surface area contributed by atoms with Gasteiger partial charge in [0.05, 0.1) is 0 Å². The summed E-state index contributed by atoms with van der Waals surface area (Å²) < 4.78 is 0. The summed E-state index contributed by atoms with van der Waals surface area (Å²) in [6.07, 6.45) is 5.52. The molecule has 0 atom stereocenters. The fourth-order valence-corrected chi connectivity index (χ4v) is 2.63. The number of rotatable bonds is 7. The Morgan fingerprint density at radius 2 is 1.81 bits per heavy atom. The number of nitrogens with one attached hydrogen (secondary N) is 2. The van der Waals surface area contributed by atoms with E-state index in [-0.39, 0.29) is 5.91 Å². The Kier molecular flexibility index (Phi) is 6.54. The minimum atomic E-state index is 0.0734. The van der Waals surface area contributed by atoms with E-state index < -0.39 is 0 Å². The third kappa shape index (κ3) is 5.38. The zero-order chi connectivity index (χ0) is 14.9. The highest BCUT2D eigenvalue weighted by atomic mass is 16.1. The van der Waals surface area contributed by atoms with Gasteiger partial charge < -0.3 is 15.5 Å². The van der Waals surface area contributed by atoms with E-state index in [2.05, 4.69) is 34.6 Å². The van der Waals surface area contributed by atoms with E-state index in [4.69, 9.17) is 0 Å².